The first-order chi connectivity index (χ1) is 15.7. The number of hydrogen-bond acceptors (Lipinski definition) is 4. The average Bonchev–Trinajstić information content (AvgIpc) is 2.81. The minimum atomic E-state index is -0.310. The summed E-state index contributed by atoms with van der Waals surface area (Å²) in [5.74, 6) is -0.620. The normalized spacial score (nSPS) is 10.6. The number of ether oxygens (including phenoxy) is 2. The lowest BCUT2D eigenvalue weighted by Crippen LogP contribution is -2.01. The van der Waals surface area contributed by atoms with Gasteiger partial charge in [0.05, 0.1) is 13.2 Å². The van der Waals surface area contributed by atoms with Crippen LogP contribution in [0.15, 0.2) is 25.3 Å². The highest BCUT2D eigenvalue weighted by Gasteiger charge is 1.98. The second-order valence-electron chi connectivity index (χ2n) is 8.81. The second-order valence-corrected chi connectivity index (χ2v) is 8.81. The Balaban J connectivity index is 3.06. The minimum Gasteiger partial charge on any atom is -0.463 e. The summed E-state index contributed by atoms with van der Waals surface area (Å²) in [5, 5.41) is 0. The smallest absolute Gasteiger partial charge is 0.330 e. The predicted molar refractivity (Wildman–Crippen MR) is 135 cm³/mol. The van der Waals surface area contributed by atoms with Crippen molar-refractivity contribution < 1.29 is 19.1 Å². The number of carbonyl (C=O) groups is 2. The van der Waals surface area contributed by atoms with Crippen molar-refractivity contribution in [3.63, 3.8) is 0 Å². The molecule has 0 amide bonds. The highest BCUT2D eigenvalue weighted by atomic mass is 16.5. The Kier molecular flexibility index (Phi) is 24.4. The zero-order valence-electron chi connectivity index (χ0n) is 20.8. The van der Waals surface area contributed by atoms with Gasteiger partial charge in [-0.15, -0.1) is 0 Å². The maximum absolute atomic E-state index is 10.9. The first-order valence-corrected chi connectivity index (χ1v) is 13.3. The molecule has 0 aliphatic rings. The zero-order valence-corrected chi connectivity index (χ0v) is 20.8. The molecule has 0 heterocycles. The number of unbranched alkanes of at least 4 members (excludes halogenated alkanes) is 19. The Hall–Kier alpha value is -1.58. The molecule has 4 nitrogen and oxygen atoms in total. The molecule has 0 aromatic rings. The zero-order chi connectivity index (χ0) is 23.5. The summed E-state index contributed by atoms with van der Waals surface area (Å²) in [6.07, 6.45) is 28.4. The van der Waals surface area contributed by atoms with Crippen molar-refractivity contribution in [2.75, 3.05) is 13.2 Å². The minimum absolute atomic E-state index is 0.310. The van der Waals surface area contributed by atoms with E-state index < -0.39 is 0 Å². The van der Waals surface area contributed by atoms with Crippen molar-refractivity contribution in [1.82, 2.24) is 0 Å². The third-order valence-corrected chi connectivity index (χ3v) is 5.86. The second kappa shape index (κ2) is 25.7. The molecule has 186 valence electrons. The van der Waals surface area contributed by atoms with Crippen LogP contribution in [0, 0.1) is 0 Å². The molecule has 0 unspecified atom stereocenters. The molecule has 0 N–H and O–H groups in total. The first kappa shape index (κ1) is 30.4. The van der Waals surface area contributed by atoms with Gasteiger partial charge in [-0.25, -0.2) is 9.59 Å². The van der Waals surface area contributed by atoms with Crippen LogP contribution in [0.5, 0.6) is 0 Å². The van der Waals surface area contributed by atoms with E-state index >= 15 is 0 Å². The molecule has 0 fully saturated rings. The molecule has 0 rings (SSSR count). The average molecular weight is 451 g/mol. The lowest BCUT2D eigenvalue weighted by molar-refractivity contribution is -0.138. The molecule has 0 atom stereocenters. The Morgan fingerprint density at radius 2 is 0.594 bits per heavy atom. The number of hydrogen-bond donors (Lipinski definition) is 0. The molecular formula is C28H50O4. The summed E-state index contributed by atoms with van der Waals surface area (Å²) >= 11 is 0. The van der Waals surface area contributed by atoms with Crippen molar-refractivity contribution in [3.05, 3.63) is 25.3 Å². The highest BCUT2D eigenvalue weighted by molar-refractivity contribution is 5.81. The monoisotopic (exact) mass is 450 g/mol. The van der Waals surface area contributed by atoms with Gasteiger partial charge in [-0.1, -0.05) is 129 Å². The van der Waals surface area contributed by atoms with E-state index in [4.69, 9.17) is 9.47 Å². The SMILES string of the molecule is C=CC(=O)OCCCCCCCCCCCCCCCCCCCCCCOC(=O)C=C. The van der Waals surface area contributed by atoms with Crippen molar-refractivity contribution in [2.45, 2.75) is 128 Å². The van der Waals surface area contributed by atoms with E-state index in [2.05, 4.69) is 13.2 Å². The van der Waals surface area contributed by atoms with Crippen LogP contribution >= 0.6 is 0 Å². The fourth-order valence-electron chi connectivity index (χ4n) is 3.85. The number of rotatable bonds is 25. The van der Waals surface area contributed by atoms with Crippen LogP contribution in [-0.2, 0) is 19.1 Å². The van der Waals surface area contributed by atoms with Gasteiger partial charge in [0, 0.05) is 12.2 Å². The van der Waals surface area contributed by atoms with Crippen LogP contribution in [0.25, 0.3) is 0 Å². The van der Waals surface area contributed by atoms with Gasteiger partial charge in [0.2, 0.25) is 0 Å². The Bertz CT molecular complexity index is 416. The van der Waals surface area contributed by atoms with E-state index in [9.17, 15) is 9.59 Å². The van der Waals surface area contributed by atoms with Gasteiger partial charge in [-0.3, -0.25) is 0 Å². The van der Waals surface area contributed by atoms with Crippen LogP contribution in [-0.4, -0.2) is 25.2 Å². The number of carbonyl (C=O) groups excluding carboxylic acids is 2. The molecule has 0 aliphatic heterocycles. The van der Waals surface area contributed by atoms with Crippen LogP contribution in [0.2, 0.25) is 0 Å². The van der Waals surface area contributed by atoms with Gasteiger partial charge < -0.3 is 9.47 Å². The largest absolute Gasteiger partial charge is 0.463 e. The van der Waals surface area contributed by atoms with Crippen molar-refractivity contribution in [3.8, 4) is 0 Å². The summed E-state index contributed by atoms with van der Waals surface area (Å²) in [5.41, 5.74) is 0. The predicted octanol–water partition coefficient (Wildman–Crippen LogP) is 8.25. The molecule has 0 aromatic carbocycles. The summed E-state index contributed by atoms with van der Waals surface area (Å²) in [4.78, 5) is 21.8. The molecule has 0 radical (unpaired) electrons. The quantitative estimate of drug-likeness (QED) is 0.0798. The standard InChI is InChI=1S/C28H50O4/c1-3-27(29)31-25-23-21-19-17-15-13-11-9-7-5-6-8-10-12-14-16-18-20-22-24-26-32-28(30)4-2/h3-4H,1-2,5-26H2. The Labute approximate surface area is 198 Å². The number of esters is 2. The molecular weight excluding hydrogens is 400 g/mol. The van der Waals surface area contributed by atoms with Crippen LogP contribution in [0.1, 0.15) is 128 Å². The fraction of sp³-hybridized carbons (Fsp3) is 0.786. The van der Waals surface area contributed by atoms with Gasteiger partial charge in [0.25, 0.3) is 0 Å². The van der Waals surface area contributed by atoms with Gasteiger partial charge >= 0.3 is 11.9 Å². The maximum Gasteiger partial charge on any atom is 0.330 e. The third kappa shape index (κ3) is 24.7. The maximum atomic E-state index is 10.9. The molecule has 0 saturated carbocycles. The van der Waals surface area contributed by atoms with Crippen molar-refractivity contribution in [2.24, 2.45) is 0 Å². The molecule has 0 spiro atoms. The van der Waals surface area contributed by atoms with E-state index in [0.717, 1.165) is 25.7 Å². The van der Waals surface area contributed by atoms with Gasteiger partial charge in [0.15, 0.2) is 0 Å². The van der Waals surface area contributed by atoms with Gasteiger partial charge in [-0.2, -0.15) is 0 Å². The van der Waals surface area contributed by atoms with E-state index in [0.29, 0.717) is 13.2 Å². The summed E-state index contributed by atoms with van der Waals surface area (Å²) < 4.78 is 9.95. The van der Waals surface area contributed by atoms with E-state index in [1.165, 1.54) is 115 Å². The molecule has 0 aromatic heterocycles. The van der Waals surface area contributed by atoms with Crippen LogP contribution in [0.3, 0.4) is 0 Å². The fourth-order valence-corrected chi connectivity index (χ4v) is 3.85. The summed E-state index contributed by atoms with van der Waals surface area (Å²) in [6, 6.07) is 0. The van der Waals surface area contributed by atoms with Crippen molar-refractivity contribution >= 4 is 11.9 Å². The lowest BCUT2D eigenvalue weighted by Gasteiger charge is -2.04. The topological polar surface area (TPSA) is 52.6 Å². The first-order valence-electron chi connectivity index (χ1n) is 13.3. The van der Waals surface area contributed by atoms with E-state index in [-0.39, 0.29) is 11.9 Å². The lowest BCUT2D eigenvalue weighted by atomic mass is 10.0. The molecule has 0 aliphatic carbocycles. The van der Waals surface area contributed by atoms with E-state index in [1.54, 1.807) is 0 Å². The van der Waals surface area contributed by atoms with Gasteiger partial charge in [0.1, 0.15) is 0 Å². The van der Waals surface area contributed by atoms with Gasteiger partial charge in [-0.05, 0) is 12.8 Å². The molecule has 0 bridgehead atoms. The molecule has 4 heteroatoms. The van der Waals surface area contributed by atoms with Crippen LogP contribution < -0.4 is 0 Å². The van der Waals surface area contributed by atoms with Crippen LogP contribution in [0.4, 0.5) is 0 Å². The summed E-state index contributed by atoms with van der Waals surface area (Å²) in [7, 11) is 0. The van der Waals surface area contributed by atoms with E-state index in [1.807, 2.05) is 0 Å². The summed E-state index contributed by atoms with van der Waals surface area (Å²) in [6.45, 7) is 7.84. The Morgan fingerprint density at radius 1 is 0.406 bits per heavy atom. The molecule has 32 heavy (non-hydrogen) atoms. The molecule has 0 saturated heterocycles. The van der Waals surface area contributed by atoms with Crippen molar-refractivity contribution in [1.29, 1.82) is 0 Å². The highest BCUT2D eigenvalue weighted by Crippen LogP contribution is 2.14. The third-order valence-electron chi connectivity index (χ3n) is 5.86. The Morgan fingerprint density at radius 3 is 0.781 bits per heavy atom.